The Morgan fingerprint density at radius 3 is 2.44 bits per heavy atom. The molecule has 0 aliphatic carbocycles. The molecule has 6 heteroatoms. The van der Waals surface area contributed by atoms with E-state index in [9.17, 15) is 4.79 Å². The number of thioether (sulfide) groups is 1. The quantitative estimate of drug-likeness (QED) is 0.807. The Balaban J connectivity index is 2.59. The zero-order valence-corrected chi connectivity index (χ0v) is 12.6. The molecule has 0 aromatic heterocycles. The molecule has 0 aliphatic rings. The summed E-state index contributed by atoms with van der Waals surface area (Å²) in [7, 11) is 0. The largest absolute Gasteiger partial charge is 0.399 e. The topological polar surface area (TPSA) is 55.1 Å². The van der Waals surface area contributed by atoms with E-state index >= 15 is 0 Å². The van der Waals surface area contributed by atoms with Crippen LogP contribution in [-0.2, 0) is 4.79 Å². The molecule has 0 radical (unpaired) electrons. The van der Waals surface area contributed by atoms with E-state index in [2.05, 4.69) is 19.2 Å². The second-order valence-corrected chi connectivity index (χ2v) is 6.58. The fourth-order valence-electron chi connectivity index (χ4n) is 1.30. The van der Waals surface area contributed by atoms with Crippen molar-refractivity contribution in [3.8, 4) is 0 Å². The normalized spacial score (nSPS) is 10.7. The van der Waals surface area contributed by atoms with Gasteiger partial charge in [0.15, 0.2) is 0 Å². The van der Waals surface area contributed by atoms with Crippen molar-refractivity contribution in [3.63, 3.8) is 0 Å². The van der Waals surface area contributed by atoms with Crippen LogP contribution < -0.4 is 11.1 Å². The first kappa shape index (κ1) is 15.5. The number of hydrogen-bond donors (Lipinski definition) is 2. The molecule has 1 aromatic rings. The summed E-state index contributed by atoms with van der Waals surface area (Å²) in [6.45, 7) is 4.19. The number of nitrogens with one attached hydrogen (secondary N) is 1. The van der Waals surface area contributed by atoms with Gasteiger partial charge in [0, 0.05) is 17.9 Å². The summed E-state index contributed by atoms with van der Waals surface area (Å²) < 4.78 is 0. The molecule has 0 bridgehead atoms. The Bertz CT molecular complexity index is 415. The molecule has 0 heterocycles. The van der Waals surface area contributed by atoms with Crippen LogP contribution in [0.25, 0.3) is 0 Å². The van der Waals surface area contributed by atoms with Crippen LogP contribution in [0.5, 0.6) is 0 Å². The molecule has 0 atom stereocenters. The summed E-state index contributed by atoms with van der Waals surface area (Å²) >= 11 is 13.7. The summed E-state index contributed by atoms with van der Waals surface area (Å²) in [6.07, 6.45) is 0.430. The number of hydrogen-bond acceptors (Lipinski definition) is 3. The molecule has 1 aromatic carbocycles. The van der Waals surface area contributed by atoms with Gasteiger partial charge in [0.2, 0.25) is 5.91 Å². The number of nitrogens with two attached hydrogens (primary N) is 1. The van der Waals surface area contributed by atoms with Gasteiger partial charge in [0.1, 0.15) is 0 Å². The predicted molar refractivity (Wildman–Crippen MR) is 81.7 cm³/mol. The number of halogens is 2. The van der Waals surface area contributed by atoms with Gasteiger partial charge in [-0.3, -0.25) is 4.79 Å². The van der Waals surface area contributed by atoms with E-state index in [1.165, 1.54) is 0 Å². The monoisotopic (exact) mass is 306 g/mol. The second kappa shape index (κ2) is 7.12. The number of nitrogen functional groups attached to an aromatic ring is 1. The highest BCUT2D eigenvalue weighted by molar-refractivity contribution is 7.99. The number of carbonyl (C=O) groups is 1. The van der Waals surface area contributed by atoms with Crippen molar-refractivity contribution >= 4 is 52.2 Å². The maximum Gasteiger partial charge on any atom is 0.225 e. The fraction of sp³-hybridized carbons (Fsp3) is 0.417. The lowest BCUT2D eigenvalue weighted by Gasteiger charge is -2.10. The van der Waals surface area contributed by atoms with E-state index in [0.717, 1.165) is 5.75 Å². The van der Waals surface area contributed by atoms with Gasteiger partial charge in [0.05, 0.1) is 15.7 Å². The molecular weight excluding hydrogens is 291 g/mol. The highest BCUT2D eigenvalue weighted by Crippen LogP contribution is 2.32. The maximum absolute atomic E-state index is 11.7. The van der Waals surface area contributed by atoms with Crippen LogP contribution in [-0.4, -0.2) is 16.9 Å². The number of anilines is 2. The van der Waals surface area contributed by atoms with Crippen molar-refractivity contribution in [2.24, 2.45) is 0 Å². The van der Waals surface area contributed by atoms with Crippen LogP contribution in [0, 0.1) is 0 Å². The van der Waals surface area contributed by atoms with Gasteiger partial charge in [-0.1, -0.05) is 37.0 Å². The molecule has 0 spiro atoms. The van der Waals surface area contributed by atoms with Gasteiger partial charge >= 0.3 is 0 Å². The molecule has 0 unspecified atom stereocenters. The third-order valence-corrected chi connectivity index (χ3v) is 3.81. The molecule has 0 fully saturated rings. The Labute approximate surface area is 121 Å². The summed E-state index contributed by atoms with van der Waals surface area (Å²) in [5, 5.41) is 3.93. The lowest BCUT2D eigenvalue weighted by molar-refractivity contribution is -0.115. The maximum atomic E-state index is 11.7. The molecule has 0 saturated heterocycles. The molecule has 1 rings (SSSR count). The van der Waals surface area contributed by atoms with E-state index in [1.54, 1.807) is 23.9 Å². The van der Waals surface area contributed by atoms with Crippen molar-refractivity contribution in [2.45, 2.75) is 25.5 Å². The SMILES string of the molecule is CC(C)SCCC(=O)Nc1c(Cl)cc(N)cc1Cl. The van der Waals surface area contributed by atoms with Crippen LogP contribution in [0.15, 0.2) is 12.1 Å². The van der Waals surface area contributed by atoms with Crippen molar-refractivity contribution in [2.75, 3.05) is 16.8 Å². The first-order chi connectivity index (χ1) is 8.40. The van der Waals surface area contributed by atoms with Crippen molar-refractivity contribution in [1.29, 1.82) is 0 Å². The average molecular weight is 307 g/mol. The first-order valence-corrected chi connectivity index (χ1v) is 7.36. The summed E-state index contributed by atoms with van der Waals surface area (Å²) in [6, 6.07) is 3.12. The van der Waals surface area contributed by atoms with Crippen LogP contribution in [0.3, 0.4) is 0 Å². The number of rotatable bonds is 5. The minimum Gasteiger partial charge on any atom is -0.399 e. The highest BCUT2D eigenvalue weighted by atomic mass is 35.5. The zero-order chi connectivity index (χ0) is 13.7. The van der Waals surface area contributed by atoms with Gasteiger partial charge in [0.25, 0.3) is 0 Å². The fourth-order valence-corrected chi connectivity index (χ4v) is 2.67. The van der Waals surface area contributed by atoms with Crippen LogP contribution in [0.4, 0.5) is 11.4 Å². The third-order valence-electron chi connectivity index (χ3n) is 2.11. The van der Waals surface area contributed by atoms with Gasteiger partial charge in [-0.05, 0) is 17.4 Å². The average Bonchev–Trinajstić information content (AvgIpc) is 2.22. The van der Waals surface area contributed by atoms with Gasteiger partial charge in [-0.2, -0.15) is 11.8 Å². The van der Waals surface area contributed by atoms with Crippen LogP contribution >= 0.6 is 35.0 Å². The summed E-state index contributed by atoms with van der Waals surface area (Å²) in [5.74, 6) is 0.671. The highest BCUT2D eigenvalue weighted by Gasteiger charge is 2.11. The van der Waals surface area contributed by atoms with Gasteiger partial charge < -0.3 is 11.1 Å². The molecule has 0 saturated carbocycles. The predicted octanol–water partition coefficient (Wildman–Crippen LogP) is 4.05. The molecule has 3 N–H and O–H groups in total. The standard InChI is InChI=1S/C12H16Cl2N2OS/c1-7(2)18-4-3-11(17)16-12-9(13)5-8(15)6-10(12)14/h5-7H,3-4,15H2,1-2H3,(H,16,17). The Hall–Kier alpha value is -0.580. The molecule has 1 amide bonds. The van der Waals surface area contributed by atoms with Crippen LogP contribution in [0.1, 0.15) is 20.3 Å². The number of benzene rings is 1. The van der Waals surface area contributed by atoms with E-state index in [-0.39, 0.29) is 5.91 Å². The Kier molecular flexibility index (Phi) is 6.12. The van der Waals surface area contributed by atoms with Crippen LogP contribution in [0.2, 0.25) is 10.0 Å². The summed E-state index contributed by atoms with van der Waals surface area (Å²) in [5.41, 5.74) is 6.48. The van der Waals surface area contributed by atoms with Gasteiger partial charge in [-0.15, -0.1) is 0 Å². The molecular formula is C12H16Cl2N2OS. The van der Waals surface area contributed by atoms with Crippen molar-refractivity contribution in [1.82, 2.24) is 0 Å². The third kappa shape index (κ3) is 4.96. The number of carbonyl (C=O) groups excluding carboxylic acids is 1. The molecule has 100 valence electrons. The number of amides is 1. The Morgan fingerprint density at radius 2 is 1.94 bits per heavy atom. The van der Waals surface area contributed by atoms with E-state index < -0.39 is 0 Å². The van der Waals surface area contributed by atoms with Crippen molar-refractivity contribution < 1.29 is 4.79 Å². The van der Waals surface area contributed by atoms with E-state index in [0.29, 0.717) is 33.1 Å². The van der Waals surface area contributed by atoms with Gasteiger partial charge in [-0.25, -0.2) is 0 Å². The Morgan fingerprint density at radius 1 is 1.39 bits per heavy atom. The van der Waals surface area contributed by atoms with E-state index in [4.69, 9.17) is 28.9 Å². The minimum absolute atomic E-state index is 0.100. The minimum atomic E-state index is -0.100. The molecule has 3 nitrogen and oxygen atoms in total. The summed E-state index contributed by atoms with van der Waals surface area (Å²) in [4.78, 5) is 11.7. The lowest BCUT2D eigenvalue weighted by atomic mass is 10.2. The second-order valence-electron chi connectivity index (χ2n) is 4.08. The molecule has 18 heavy (non-hydrogen) atoms. The first-order valence-electron chi connectivity index (χ1n) is 5.56. The molecule has 0 aliphatic heterocycles. The van der Waals surface area contributed by atoms with Crippen molar-refractivity contribution in [3.05, 3.63) is 22.2 Å². The lowest BCUT2D eigenvalue weighted by Crippen LogP contribution is -2.13. The zero-order valence-electron chi connectivity index (χ0n) is 10.3. The van der Waals surface area contributed by atoms with E-state index in [1.807, 2.05) is 0 Å². The smallest absolute Gasteiger partial charge is 0.225 e.